The fourth-order valence-electron chi connectivity index (χ4n) is 6.78. The molecule has 2 saturated heterocycles. The Labute approximate surface area is 265 Å². The van der Waals surface area contributed by atoms with E-state index < -0.39 is 60.5 Å². The van der Waals surface area contributed by atoms with Crippen LogP contribution in [0.3, 0.4) is 0 Å². The van der Waals surface area contributed by atoms with Crippen LogP contribution < -0.4 is 4.74 Å². The molecule has 3 aromatic rings. The quantitative estimate of drug-likeness (QED) is 0.204. The van der Waals surface area contributed by atoms with Crippen LogP contribution in [-0.4, -0.2) is 64.9 Å². The Hall–Kier alpha value is -4.81. The standard InChI is InChI=1S/C34H32BFN2O8/c1-44-34(42)38-32(40)24-17-22(19-45-23-7-3-2-4-8-23)30-25(31(24)33(38)41)18-35(43)46-29(30)13-11-21(27-9-5-6-14-37-27)15-20-10-12-28(39)26(36)16-20/h2-10,12,14-16,24-25,29,31,39,43H,11,13,17-19H2,1H3/b21-15-/t24-,25+,29-,31-/m1/s1. The van der Waals surface area contributed by atoms with E-state index in [1.807, 2.05) is 42.5 Å². The zero-order valence-electron chi connectivity index (χ0n) is 25.0. The summed E-state index contributed by atoms with van der Waals surface area (Å²) < 4.78 is 31.2. The highest BCUT2D eigenvalue weighted by molar-refractivity contribution is 6.43. The number of para-hydroxylation sites is 1. The summed E-state index contributed by atoms with van der Waals surface area (Å²) in [7, 11) is -0.112. The molecule has 10 nitrogen and oxygen atoms in total. The number of likely N-dealkylation sites (tertiary alicyclic amines) is 1. The van der Waals surface area contributed by atoms with Crippen molar-refractivity contribution < 1.29 is 43.0 Å². The average Bonchev–Trinajstić information content (AvgIpc) is 3.32. The molecule has 6 rings (SSSR count). The number of ether oxygens (including phenoxy) is 2. The second-order valence-corrected chi connectivity index (χ2v) is 11.5. The van der Waals surface area contributed by atoms with Gasteiger partial charge in [0.15, 0.2) is 11.6 Å². The van der Waals surface area contributed by atoms with Gasteiger partial charge >= 0.3 is 13.2 Å². The molecule has 3 amide bonds. The molecular weight excluding hydrogens is 594 g/mol. The molecule has 0 spiro atoms. The first-order valence-electron chi connectivity index (χ1n) is 15.0. The first-order chi connectivity index (χ1) is 22.2. The number of allylic oxidation sites excluding steroid dienone is 1. The minimum absolute atomic E-state index is 0.0611. The van der Waals surface area contributed by atoms with Crippen LogP contribution in [0.5, 0.6) is 11.5 Å². The number of phenolic OH excluding ortho intramolecular Hbond substituents is 1. The first kappa shape index (κ1) is 31.2. The number of rotatable bonds is 8. The van der Waals surface area contributed by atoms with Crippen LogP contribution in [0.15, 0.2) is 84.1 Å². The molecule has 2 aliphatic heterocycles. The maximum absolute atomic E-state index is 14.2. The van der Waals surface area contributed by atoms with E-state index in [9.17, 15) is 28.9 Å². The van der Waals surface area contributed by atoms with Gasteiger partial charge in [0.05, 0.1) is 30.7 Å². The Bertz CT molecular complexity index is 1700. The minimum atomic E-state index is -1.22. The zero-order chi connectivity index (χ0) is 32.4. The number of aromatic hydroxyl groups is 1. The van der Waals surface area contributed by atoms with Crippen LogP contribution in [0.2, 0.25) is 6.32 Å². The third-order valence-electron chi connectivity index (χ3n) is 8.80. The van der Waals surface area contributed by atoms with E-state index >= 15 is 0 Å². The second kappa shape index (κ2) is 13.3. The Morgan fingerprint density at radius 2 is 1.89 bits per heavy atom. The normalized spacial score (nSPS) is 22.9. The van der Waals surface area contributed by atoms with E-state index in [-0.39, 0.29) is 19.3 Å². The minimum Gasteiger partial charge on any atom is -0.505 e. The number of amides is 3. The third-order valence-corrected chi connectivity index (χ3v) is 8.80. The SMILES string of the molecule is COC(=O)N1C(=O)[C@@H]2[C@@H](CC(COc3ccccc3)=C3[C@@H](CC/C(=C/c4ccc(O)c(F)c4)c4ccccn4)OB(O)C[C@@H]32)C1=O. The molecule has 2 aromatic carbocycles. The molecule has 12 heteroatoms. The van der Waals surface area contributed by atoms with Crippen molar-refractivity contribution in [2.45, 2.75) is 31.7 Å². The summed E-state index contributed by atoms with van der Waals surface area (Å²) in [5, 5.41) is 20.6. The van der Waals surface area contributed by atoms with Gasteiger partial charge in [0.25, 0.3) is 0 Å². The topological polar surface area (TPSA) is 135 Å². The molecule has 0 radical (unpaired) electrons. The van der Waals surface area contributed by atoms with Crippen molar-refractivity contribution in [3.63, 3.8) is 0 Å². The predicted octanol–water partition coefficient (Wildman–Crippen LogP) is 4.89. The summed E-state index contributed by atoms with van der Waals surface area (Å²) in [6.45, 7) is 0.116. The number of carbonyl (C=O) groups excluding carboxylic acids is 3. The fourth-order valence-corrected chi connectivity index (χ4v) is 6.78. The van der Waals surface area contributed by atoms with Gasteiger partial charge in [-0.05, 0) is 96.3 Å². The number of imide groups is 3. The smallest absolute Gasteiger partial charge is 0.455 e. The predicted molar refractivity (Wildman–Crippen MR) is 165 cm³/mol. The lowest BCUT2D eigenvalue weighted by Gasteiger charge is -2.43. The molecule has 0 saturated carbocycles. The lowest BCUT2D eigenvalue weighted by Crippen LogP contribution is -2.46. The molecule has 0 unspecified atom stereocenters. The molecular formula is C34H32BFN2O8. The number of hydrogen-bond acceptors (Lipinski definition) is 9. The van der Waals surface area contributed by atoms with Gasteiger partial charge in [0.1, 0.15) is 12.4 Å². The van der Waals surface area contributed by atoms with Gasteiger partial charge in [-0.15, -0.1) is 0 Å². The summed E-state index contributed by atoms with van der Waals surface area (Å²) in [5.41, 5.74) is 3.47. The largest absolute Gasteiger partial charge is 0.505 e. The summed E-state index contributed by atoms with van der Waals surface area (Å²) in [4.78, 5) is 44.5. The zero-order valence-corrected chi connectivity index (χ0v) is 25.0. The van der Waals surface area contributed by atoms with E-state index in [2.05, 4.69) is 4.98 Å². The number of methoxy groups -OCH3 is 1. The molecule has 4 atom stereocenters. The number of nitrogens with zero attached hydrogens (tertiary/aromatic N) is 2. The van der Waals surface area contributed by atoms with Crippen molar-refractivity contribution in [2.75, 3.05) is 13.7 Å². The van der Waals surface area contributed by atoms with Gasteiger partial charge in [-0.1, -0.05) is 30.3 Å². The molecule has 0 bridgehead atoms. The molecule has 2 N–H and O–H groups in total. The molecule has 1 aliphatic carbocycles. The van der Waals surface area contributed by atoms with Crippen molar-refractivity contribution in [3.8, 4) is 11.5 Å². The number of carbonyl (C=O) groups is 3. The van der Waals surface area contributed by atoms with E-state index in [0.29, 0.717) is 34.7 Å². The van der Waals surface area contributed by atoms with Crippen LogP contribution in [0.1, 0.15) is 30.5 Å². The lowest BCUT2D eigenvalue weighted by atomic mass is 9.58. The molecule has 3 aliphatic rings. The van der Waals surface area contributed by atoms with Gasteiger partial charge in [-0.25, -0.2) is 9.18 Å². The Morgan fingerprint density at radius 3 is 2.61 bits per heavy atom. The molecule has 2 fully saturated rings. The Morgan fingerprint density at radius 1 is 1.11 bits per heavy atom. The highest BCUT2D eigenvalue weighted by Gasteiger charge is 2.59. The van der Waals surface area contributed by atoms with Crippen molar-refractivity contribution in [1.29, 1.82) is 0 Å². The number of hydrogen-bond donors (Lipinski definition) is 2. The second-order valence-electron chi connectivity index (χ2n) is 11.5. The number of pyridine rings is 1. The van der Waals surface area contributed by atoms with Crippen LogP contribution in [0, 0.1) is 23.6 Å². The van der Waals surface area contributed by atoms with Crippen molar-refractivity contribution in [2.24, 2.45) is 17.8 Å². The highest BCUT2D eigenvalue weighted by Crippen LogP contribution is 2.51. The van der Waals surface area contributed by atoms with Crippen molar-refractivity contribution in [1.82, 2.24) is 9.88 Å². The first-order valence-corrected chi connectivity index (χ1v) is 15.0. The number of phenols is 1. The molecule has 3 heterocycles. The molecule has 46 heavy (non-hydrogen) atoms. The Kier molecular flexibility index (Phi) is 9.00. The van der Waals surface area contributed by atoms with Crippen molar-refractivity contribution >= 4 is 36.7 Å². The number of fused-ring (bicyclic) bond motifs is 3. The van der Waals surface area contributed by atoms with Gasteiger partial charge in [-0.2, -0.15) is 4.90 Å². The third kappa shape index (κ3) is 6.18. The van der Waals surface area contributed by atoms with E-state index in [1.54, 1.807) is 24.4 Å². The fraction of sp³-hybridized carbons (Fsp3) is 0.294. The molecule has 1 aromatic heterocycles. The molecule has 236 valence electrons. The van der Waals surface area contributed by atoms with Gasteiger partial charge in [0.2, 0.25) is 11.8 Å². The monoisotopic (exact) mass is 626 g/mol. The number of benzene rings is 2. The van der Waals surface area contributed by atoms with E-state index in [0.717, 1.165) is 23.8 Å². The summed E-state index contributed by atoms with van der Waals surface area (Å²) in [5.74, 6) is -4.12. The van der Waals surface area contributed by atoms with Crippen LogP contribution in [-0.2, 0) is 19.0 Å². The summed E-state index contributed by atoms with van der Waals surface area (Å²) in [6.07, 6.45) is 2.70. The maximum atomic E-state index is 14.2. The van der Waals surface area contributed by atoms with Gasteiger partial charge in [0, 0.05) is 6.20 Å². The number of halogens is 1. The summed E-state index contributed by atoms with van der Waals surface area (Å²) in [6, 6.07) is 18.7. The lowest BCUT2D eigenvalue weighted by molar-refractivity contribution is -0.137. The van der Waals surface area contributed by atoms with E-state index in [1.165, 1.54) is 12.1 Å². The average molecular weight is 626 g/mol. The van der Waals surface area contributed by atoms with Gasteiger partial charge < -0.3 is 24.3 Å². The van der Waals surface area contributed by atoms with Crippen molar-refractivity contribution in [3.05, 3.63) is 101 Å². The van der Waals surface area contributed by atoms with E-state index in [4.69, 9.17) is 14.1 Å². The van der Waals surface area contributed by atoms with Crippen LogP contribution >= 0.6 is 0 Å². The number of aromatic nitrogens is 1. The van der Waals surface area contributed by atoms with Crippen LogP contribution in [0.4, 0.5) is 9.18 Å². The highest BCUT2D eigenvalue weighted by atomic mass is 19.1. The van der Waals surface area contributed by atoms with Crippen LogP contribution in [0.25, 0.3) is 11.6 Å². The maximum Gasteiger partial charge on any atom is 0.455 e. The van der Waals surface area contributed by atoms with Gasteiger partial charge in [-0.3, -0.25) is 14.6 Å². The Balaban J connectivity index is 1.36. The summed E-state index contributed by atoms with van der Waals surface area (Å²) >= 11 is 0.